The highest BCUT2D eigenvalue weighted by molar-refractivity contribution is 6.33. The molecule has 0 amide bonds. The largest absolute Gasteiger partial charge is 0.490 e. The lowest BCUT2D eigenvalue weighted by Gasteiger charge is -2.12. The summed E-state index contributed by atoms with van der Waals surface area (Å²) in [6.07, 6.45) is 1.59. The van der Waals surface area contributed by atoms with Crippen molar-refractivity contribution >= 4 is 35.5 Å². The van der Waals surface area contributed by atoms with Crippen molar-refractivity contribution in [3.05, 3.63) is 99.7 Å². The molecule has 0 spiro atoms. The summed E-state index contributed by atoms with van der Waals surface area (Å²) in [6.45, 7) is 4.12. The van der Waals surface area contributed by atoms with E-state index >= 15 is 0 Å². The summed E-state index contributed by atoms with van der Waals surface area (Å²) in [5, 5.41) is 0.295. The van der Waals surface area contributed by atoms with Crippen molar-refractivity contribution in [1.29, 1.82) is 0 Å². The maximum Gasteiger partial charge on any atom is 0.363 e. The molecule has 166 valence electrons. The van der Waals surface area contributed by atoms with Crippen LogP contribution in [0.2, 0.25) is 5.02 Å². The molecule has 6 nitrogen and oxygen atoms in total. The van der Waals surface area contributed by atoms with Gasteiger partial charge in [0.05, 0.1) is 17.2 Å². The minimum Gasteiger partial charge on any atom is -0.490 e. The standard InChI is InChI=1S/C26H20ClNO5/c1-3-31-23-15-17(11-12-22(23)32-25(29)19-9-4-5-10-20(19)27)14-21-26(30)33-24(28-21)18-8-6-7-16(2)13-18/h4-15H,3H2,1-2H3. The number of nitrogens with zero attached hydrogens (tertiary/aromatic N) is 1. The molecule has 0 atom stereocenters. The van der Waals surface area contributed by atoms with Crippen molar-refractivity contribution in [1.82, 2.24) is 0 Å². The number of aryl methyl sites for hydroxylation is 1. The lowest BCUT2D eigenvalue weighted by Crippen LogP contribution is -2.10. The van der Waals surface area contributed by atoms with Crippen LogP contribution in [-0.4, -0.2) is 24.4 Å². The number of esters is 2. The van der Waals surface area contributed by atoms with Crippen molar-refractivity contribution in [3.63, 3.8) is 0 Å². The number of carbonyl (C=O) groups excluding carboxylic acids is 2. The van der Waals surface area contributed by atoms with Gasteiger partial charge in [-0.15, -0.1) is 0 Å². The number of carbonyl (C=O) groups is 2. The highest BCUT2D eigenvalue weighted by Crippen LogP contribution is 2.31. The van der Waals surface area contributed by atoms with Gasteiger partial charge in [-0.25, -0.2) is 14.6 Å². The van der Waals surface area contributed by atoms with Gasteiger partial charge < -0.3 is 14.2 Å². The summed E-state index contributed by atoms with van der Waals surface area (Å²) >= 11 is 6.09. The van der Waals surface area contributed by atoms with E-state index in [0.717, 1.165) is 11.1 Å². The minimum atomic E-state index is -0.598. The SMILES string of the molecule is CCOc1cc(C=C2N=C(c3cccc(C)c3)OC2=O)ccc1OC(=O)c1ccccc1Cl. The van der Waals surface area contributed by atoms with Crippen molar-refractivity contribution in [2.24, 2.45) is 4.99 Å². The lowest BCUT2D eigenvalue weighted by molar-refractivity contribution is -0.129. The van der Waals surface area contributed by atoms with Crippen molar-refractivity contribution in [2.75, 3.05) is 6.61 Å². The normalized spacial score (nSPS) is 14.1. The number of benzene rings is 3. The molecule has 0 aliphatic carbocycles. The van der Waals surface area contributed by atoms with Crippen LogP contribution in [0.3, 0.4) is 0 Å². The molecule has 1 aliphatic heterocycles. The van der Waals surface area contributed by atoms with Gasteiger partial charge in [0, 0.05) is 5.56 Å². The van der Waals surface area contributed by atoms with Gasteiger partial charge in [0.15, 0.2) is 17.2 Å². The van der Waals surface area contributed by atoms with Crippen LogP contribution >= 0.6 is 11.6 Å². The van der Waals surface area contributed by atoms with E-state index in [1.807, 2.05) is 38.1 Å². The quantitative estimate of drug-likeness (QED) is 0.271. The Kier molecular flexibility index (Phi) is 6.56. The third kappa shape index (κ3) is 5.13. The predicted molar refractivity (Wildman–Crippen MR) is 126 cm³/mol. The smallest absolute Gasteiger partial charge is 0.363 e. The molecule has 0 saturated heterocycles. The number of hydrogen-bond donors (Lipinski definition) is 0. The minimum absolute atomic E-state index is 0.162. The summed E-state index contributed by atoms with van der Waals surface area (Å²) in [4.78, 5) is 29.2. The molecular formula is C26H20ClNO5. The Labute approximate surface area is 196 Å². The maximum atomic E-state index is 12.5. The van der Waals surface area contributed by atoms with Gasteiger partial charge in [-0.05, 0) is 61.9 Å². The first kappa shape index (κ1) is 22.3. The van der Waals surface area contributed by atoms with E-state index in [-0.39, 0.29) is 22.9 Å². The fraction of sp³-hybridized carbons (Fsp3) is 0.115. The third-order valence-corrected chi connectivity index (χ3v) is 5.08. The van der Waals surface area contributed by atoms with E-state index in [9.17, 15) is 9.59 Å². The average molecular weight is 462 g/mol. The Morgan fingerprint density at radius 2 is 1.88 bits per heavy atom. The van der Waals surface area contributed by atoms with Gasteiger partial charge in [0.2, 0.25) is 5.90 Å². The van der Waals surface area contributed by atoms with Crippen LogP contribution in [0.5, 0.6) is 11.5 Å². The molecule has 0 saturated carbocycles. The second-order valence-electron chi connectivity index (χ2n) is 7.21. The Hall–Kier alpha value is -3.90. The molecule has 33 heavy (non-hydrogen) atoms. The van der Waals surface area contributed by atoms with Crippen molar-refractivity contribution < 1.29 is 23.8 Å². The summed E-state index contributed by atoms with van der Waals surface area (Å²) in [7, 11) is 0. The fourth-order valence-electron chi connectivity index (χ4n) is 3.22. The van der Waals surface area contributed by atoms with Gasteiger partial charge in [-0.3, -0.25) is 0 Å². The van der Waals surface area contributed by atoms with Crippen LogP contribution in [0, 0.1) is 6.92 Å². The number of rotatable bonds is 6. The van der Waals surface area contributed by atoms with Crippen molar-refractivity contribution in [3.8, 4) is 11.5 Å². The highest BCUT2D eigenvalue weighted by atomic mass is 35.5. The Balaban J connectivity index is 1.61. The second-order valence-corrected chi connectivity index (χ2v) is 7.62. The lowest BCUT2D eigenvalue weighted by atomic mass is 10.1. The molecule has 7 heteroatoms. The molecule has 0 unspecified atom stereocenters. The number of hydrogen-bond acceptors (Lipinski definition) is 6. The molecule has 1 aliphatic rings. The molecule has 0 radical (unpaired) electrons. The first-order valence-electron chi connectivity index (χ1n) is 10.3. The van der Waals surface area contributed by atoms with Gasteiger partial charge in [0.25, 0.3) is 0 Å². The van der Waals surface area contributed by atoms with Gasteiger partial charge in [0.1, 0.15) is 0 Å². The van der Waals surface area contributed by atoms with E-state index in [2.05, 4.69) is 4.99 Å². The second kappa shape index (κ2) is 9.71. The average Bonchev–Trinajstić information content (AvgIpc) is 3.16. The van der Waals surface area contributed by atoms with E-state index in [0.29, 0.717) is 22.9 Å². The molecule has 0 aromatic heterocycles. The highest BCUT2D eigenvalue weighted by Gasteiger charge is 2.24. The monoisotopic (exact) mass is 461 g/mol. The summed E-state index contributed by atoms with van der Waals surface area (Å²) in [5.41, 5.74) is 2.81. The summed E-state index contributed by atoms with van der Waals surface area (Å²) in [5.74, 6) is -0.299. The molecule has 0 N–H and O–H groups in total. The van der Waals surface area contributed by atoms with Crippen LogP contribution in [-0.2, 0) is 9.53 Å². The topological polar surface area (TPSA) is 74.2 Å². The third-order valence-electron chi connectivity index (χ3n) is 4.75. The zero-order chi connectivity index (χ0) is 23.4. The maximum absolute atomic E-state index is 12.5. The van der Waals surface area contributed by atoms with Crippen molar-refractivity contribution in [2.45, 2.75) is 13.8 Å². The van der Waals surface area contributed by atoms with Crippen LogP contribution in [0.1, 0.15) is 34.0 Å². The Morgan fingerprint density at radius 1 is 1.06 bits per heavy atom. The first-order valence-corrected chi connectivity index (χ1v) is 10.7. The van der Waals surface area contributed by atoms with E-state index in [1.54, 1.807) is 48.5 Å². The van der Waals surface area contributed by atoms with E-state index in [1.165, 1.54) is 0 Å². The van der Waals surface area contributed by atoms with Gasteiger partial charge >= 0.3 is 11.9 Å². The van der Waals surface area contributed by atoms with E-state index < -0.39 is 11.9 Å². The Bertz CT molecular complexity index is 1300. The number of aliphatic imine (C=N–C) groups is 1. The first-order chi connectivity index (χ1) is 15.9. The number of halogens is 1. The van der Waals surface area contributed by atoms with Crippen LogP contribution in [0.25, 0.3) is 6.08 Å². The number of cyclic esters (lactones) is 1. The predicted octanol–water partition coefficient (Wildman–Crippen LogP) is 5.61. The molecule has 0 bridgehead atoms. The molecule has 4 rings (SSSR count). The summed E-state index contributed by atoms with van der Waals surface area (Å²) in [6, 6.07) is 19.1. The molecule has 0 fully saturated rings. The zero-order valence-corrected chi connectivity index (χ0v) is 18.8. The van der Waals surface area contributed by atoms with Crippen LogP contribution < -0.4 is 9.47 Å². The van der Waals surface area contributed by atoms with Crippen LogP contribution in [0.15, 0.2) is 77.4 Å². The molecule has 3 aromatic carbocycles. The van der Waals surface area contributed by atoms with E-state index in [4.69, 9.17) is 25.8 Å². The number of ether oxygens (including phenoxy) is 3. The van der Waals surface area contributed by atoms with Gasteiger partial charge in [-0.1, -0.05) is 47.5 Å². The van der Waals surface area contributed by atoms with Gasteiger partial charge in [-0.2, -0.15) is 0 Å². The summed E-state index contributed by atoms with van der Waals surface area (Å²) < 4.78 is 16.5. The van der Waals surface area contributed by atoms with Crippen LogP contribution in [0.4, 0.5) is 0 Å². The molecule has 1 heterocycles. The Morgan fingerprint density at radius 3 is 2.64 bits per heavy atom. The molecular weight excluding hydrogens is 442 g/mol. The fourth-order valence-corrected chi connectivity index (χ4v) is 3.43. The molecule has 3 aromatic rings. The zero-order valence-electron chi connectivity index (χ0n) is 18.0.